The van der Waals surface area contributed by atoms with Crippen LogP contribution in [-0.4, -0.2) is 68.5 Å². The Morgan fingerprint density at radius 2 is 0.884 bits per heavy atom. The molecular formula is C60H109N2O6P. The molecule has 0 bridgehead atoms. The molecule has 0 aromatic heterocycles. The highest BCUT2D eigenvalue weighted by Gasteiger charge is 2.24. The third-order valence-electron chi connectivity index (χ3n) is 12.4. The number of nitrogens with zero attached hydrogens (tertiary/aromatic N) is 1. The van der Waals surface area contributed by atoms with E-state index in [1.165, 1.54) is 128 Å². The number of phosphoric ester groups is 1. The summed E-state index contributed by atoms with van der Waals surface area (Å²) in [5, 5.41) is 14.0. The van der Waals surface area contributed by atoms with Gasteiger partial charge in [-0.15, -0.1) is 0 Å². The van der Waals surface area contributed by atoms with Crippen LogP contribution in [-0.2, 0) is 18.4 Å². The number of carbonyl (C=O) groups excluding carboxylic acids is 1. The summed E-state index contributed by atoms with van der Waals surface area (Å²) in [5.41, 5.74) is 0. The maximum atomic E-state index is 12.9. The third-order valence-corrected chi connectivity index (χ3v) is 13.4. The molecular weight excluding hydrogens is 876 g/mol. The van der Waals surface area contributed by atoms with Crippen molar-refractivity contribution in [1.29, 1.82) is 0 Å². The Balaban J connectivity index is 4.04. The summed E-state index contributed by atoms with van der Waals surface area (Å²) in [7, 11) is 1.30. The van der Waals surface area contributed by atoms with E-state index in [0.29, 0.717) is 23.9 Å². The van der Waals surface area contributed by atoms with Gasteiger partial charge < -0.3 is 28.8 Å². The molecule has 0 aromatic carbocycles. The molecule has 0 spiro atoms. The van der Waals surface area contributed by atoms with Gasteiger partial charge in [-0.25, -0.2) is 0 Å². The quantitative estimate of drug-likeness (QED) is 0.0272. The Kier molecular flexibility index (Phi) is 48.9. The predicted octanol–water partition coefficient (Wildman–Crippen LogP) is 16.6. The molecule has 9 heteroatoms. The highest BCUT2D eigenvalue weighted by molar-refractivity contribution is 7.45. The first kappa shape index (κ1) is 66.7. The lowest BCUT2D eigenvalue weighted by Gasteiger charge is -2.30. The van der Waals surface area contributed by atoms with Crippen LogP contribution in [0.2, 0.25) is 0 Å². The molecule has 69 heavy (non-hydrogen) atoms. The predicted molar refractivity (Wildman–Crippen MR) is 297 cm³/mol. The minimum absolute atomic E-state index is 0.00943. The number of hydrogen-bond acceptors (Lipinski definition) is 6. The minimum atomic E-state index is -4.57. The maximum Gasteiger partial charge on any atom is 0.268 e. The van der Waals surface area contributed by atoms with Crippen LogP contribution in [0.1, 0.15) is 239 Å². The zero-order valence-corrected chi connectivity index (χ0v) is 46.4. The van der Waals surface area contributed by atoms with Gasteiger partial charge in [0.05, 0.1) is 39.9 Å². The smallest absolute Gasteiger partial charge is 0.268 e. The minimum Gasteiger partial charge on any atom is -0.756 e. The molecule has 3 unspecified atom stereocenters. The number of carbonyl (C=O) groups is 1. The van der Waals surface area contributed by atoms with Gasteiger partial charge in [-0.3, -0.25) is 9.36 Å². The van der Waals surface area contributed by atoms with Crippen molar-refractivity contribution in [2.75, 3.05) is 40.9 Å². The molecule has 0 aliphatic carbocycles. The number of nitrogens with one attached hydrogen (secondary N) is 1. The highest BCUT2D eigenvalue weighted by atomic mass is 31.2. The molecule has 0 radical (unpaired) electrons. The second-order valence-corrected chi connectivity index (χ2v) is 21.7. The molecule has 0 aliphatic heterocycles. The molecule has 0 aromatic rings. The number of aliphatic hydroxyl groups is 1. The van der Waals surface area contributed by atoms with E-state index in [2.05, 4.69) is 104 Å². The summed E-state index contributed by atoms with van der Waals surface area (Å²) in [6, 6.07) is -0.804. The van der Waals surface area contributed by atoms with Crippen molar-refractivity contribution in [2.24, 2.45) is 0 Å². The molecule has 0 heterocycles. The van der Waals surface area contributed by atoms with E-state index in [0.717, 1.165) is 83.5 Å². The second-order valence-electron chi connectivity index (χ2n) is 20.3. The topological polar surface area (TPSA) is 108 Å². The summed E-state index contributed by atoms with van der Waals surface area (Å²) >= 11 is 0. The molecule has 0 saturated carbocycles. The SMILES string of the molecule is CC/C=C\C/C=C\C/C=C\C/C=C\C/C=C\C/C=C\C/C=C\CCCCCCCCCCCCCCCC(=O)NC(COP(=O)([O-])OCC[N+](C)(C)C)C(O)CCCCCCCCCCCCCC. The number of unbranched alkanes of at least 4 members (excludes halogenated alkanes) is 24. The lowest BCUT2D eigenvalue weighted by atomic mass is 10.0. The first-order chi connectivity index (χ1) is 33.5. The Labute approximate surface area is 426 Å². The van der Waals surface area contributed by atoms with E-state index < -0.39 is 20.0 Å². The number of allylic oxidation sites excluding steroid dienone is 14. The van der Waals surface area contributed by atoms with Crippen LogP contribution in [0.5, 0.6) is 0 Å². The van der Waals surface area contributed by atoms with Crippen LogP contribution in [0, 0.1) is 0 Å². The number of rotatable bonds is 51. The van der Waals surface area contributed by atoms with Gasteiger partial charge in [0.25, 0.3) is 7.82 Å². The Morgan fingerprint density at radius 1 is 0.522 bits per heavy atom. The van der Waals surface area contributed by atoms with E-state index in [9.17, 15) is 19.4 Å². The number of phosphoric acid groups is 1. The molecule has 8 nitrogen and oxygen atoms in total. The summed E-state index contributed by atoms with van der Waals surface area (Å²) in [6.45, 7) is 4.60. The number of amides is 1. The van der Waals surface area contributed by atoms with Crippen molar-refractivity contribution in [3.05, 3.63) is 85.1 Å². The first-order valence-electron chi connectivity index (χ1n) is 28.4. The van der Waals surface area contributed by atoms with E-state index in [-0.39, 0.29) is 19.1 Å². The fraction of sp³-hybridized carbons (Fsp3) is 0.750. The van der Waals surface area contributed by atoms with Gasteiger partial charge in [0.2, 0.25) is 5.91 Å². The van der Waals surface area contributed by atoms with Gasteiger partial charge in [-0.2, -0.15) is 0 Å². The Morgan fingerprint density at radius 3 is 1.29 bits per heavy atom. The van der Waals surface area contributed by atoms with Gasteiger partial charge in [-0.1, -0.05) is 247 Å². The Hall–Kier alpha value is -2.32. The van der Waals surface area contributed by atoms with Gasteiger partial charge in [0, 0.05) is 6.42 Å². The van der Waals surface area contributed by atoms with Crippen molar-refractivity contribution in [2.45, 2.75) is 251 Å². The molecule has 2 N–H and O–H groups in total. The summed E-state index contributed by atoms with van der Waals surface area (Å²) in [4.78, 5) is 25.5. The molecule has 0 fully saturated rings. The van der Waals surface area contributed by atoms with Crippen LogP contribution in [0.25, 0.3) is 0 Å². The van der Waals surface area contributed by atoms with Crippen LogP contribution in [0.3, 0.4) is 0 Å². The monoisotopic (exact) mass is 985 g/mol. The van der Waals surface area contributed by atoms with Gasteiger partial charge in [-0.05, 0) is 70.6 Å². The van der Waals surface area contributed by atoms with Crippen molar-refractivity contribution < 1.29 is 32.9 Å². The van der Waals surface area contributed by atoms with Crippen LogP contribution in [0.4, 0.5) is 0 Å². The highest BCUT2D eigenvalue weighted by Crippen LogP contribution is 2.38. The van der Waals surface area contributed by atoms with Crippen LogP contribution in [0.15, 0.2) is 85.1 Å². The van der Waals surface area contributed by atoms with Crippen molar-refractivity contribution in [1.82, 2.24) is 5.32 Å². The zero-order chi connectivity index (χ0) is 50.6. The summed E-state index contributed by atoms with van der Waals surface area (Å²) in [6.07, 6.45) is 70.5. The van der Waals surface area contributed by atoms with Crippen LogP contribution < -0.4 is 10.2 Å². The average Bonchev–Trinajstić information content (AvgIpc) is 3.31. The second kappa shape index (κ2) is 50.6. The van der Waals surface area contributed by atoms with E-state index in [1.54, 1.807) is 0 Å². The lowest BCUT2D eigenvalue weighted by molar-refractivity contribution is -0.870. The molecule has 0 rings (SSSR count). The number of quaternary nitrogens is 1. The van der Waals surface area contributed by atoms with Crippen LogP contribution >= 0.6 is 7.82 Å². The van der Waals surface area contributed by atoms with E-state index in [1.807, 2.05) is 21.1 Å². The first-order valence-corrected chi connectivity index (χ1v) is 29.9. The van der Waals surface area contributed by atoms with Crippen molar-refractivity contribution in [3.63, 3.8) is 0 Å². The zero-order valence-electron chi connectivity index (χ0n) is 45.5. The molecule has 0 aliphatic rings. The maximum absolute atomic E-state index is 12.9. The van der Waals surface area contributed by atoms with Gasteiger partial charge in [0.15, 0.2) is 0 Å². The fourth-order valence-corrected chi connectivity index (χ4v) is 8.68. The van der Waals surface area contributed by atoms with E-state index >= 15 is 0 Å². The number of aliphatic hydroxyl groups excluding tert-OH is 1. The third kappa shape index (κ3) is 53.3. The fourth-order valence-electron chi connectivity index (χ4n) is 7.96. The normalized spacial score (nSPS) is 14.6. The van der Waals surface area contributed by atoms with Gasteiger partial charge >= 0.3 is 0 Å². The largest absolute Gasteiger partial charge is 0.756 e. The van der Waals surface area contributed by atoms with E-state index in [4.69, 9.17) is 9.05 Å². The average molecular weight is 986 g/mol. The molecule has 400 valence electrons. The molecule has 3 atom stereocenters. The summed E-state index contributed by atoms with van der Waals surface area (Å²) < 4.78 is 23.3. The lowest BCUT2D eigenvalue weighted by Crippen LogP contribution is -2.46. The number of hydrogen-bond donors (Lipinski definition) is 2. The van der Waals surface area contributed by atoms with Crippen molar-refractivity contribution in [3.8, 4) is 0 Å². The molecule has 1 amide bonds. The van der Waals surface area contributed by atoms with Gasteiger partial charge in [0.1, 0.15) is 13.2 Å². The molecule has 0 saturated heterocycles. The number of likely N-dealkylation sites (N-methyl/N-ethyl adjacent to an activating group) is 1. The van der Waals surface area contributed by atoms with Crippen molar-refractivity contribution >= 4 is 13.7 Å². The standard InChI is InChI=1S/C60H109N2O6P/c1-6-8-10-12-14-16-18-20-21-22-23-24-25-26-27-28-29-30-31-32-33-34-35-36-37-38-39-40-41-42-44-46-48-50-52-54-60(64)61-58(57-68-69(65,66)67-56-55-62(3,4)5)59(63)53-51-49-47-45-43-19-17-15-13-11-9-7-2/h8,10,14,16,20-21,23-24,26-27,29-30,32-33,58-59,63H,6-7,9,11-13,15,17-19,22,25,28,31,34-57H2,1-5H3,(H-,61,64,65,66)/b10-8-,16-14-,21-20-,24-23-,27-26-,30-29-,33-32-. The summed E-state index contributed by atoms with van der Waals surface area (Å²) in [5.74, 6) is -0.169. The Bertz CT molecular complexity index is 1400.